The SMILES string of the molecule is CC1(C(=O)O)CC(N2CCCC(C3CN(c4ncc(Cl)c(NCc5ccc(Cl)cc5Cl)n4)C3)C2)C1. The Morgan fingerprint density at radius 2 is 1.94 bits per heavy atom. The number of piperidine rings is 1. The van der Waals surface area contributed by atoms with Gasteiger partial charge in [0.05, 0.1) is 11.6 Å². The number of carboxylic acids is 1. The number of nitrogens with zero attached hydrogens (tertiary/aromatic N) is 4. The van der Waals surface area contributed by atoms with E-state index in [1.165, 1.54) is 12.8 Å². The number of carboxylic acid groups (broad SMARTS) is 1. The van der Waals surface area contributed by atoms with Gasteiger partial charge in [-0.05, 0) is 68.7 Å². The molecule has 35 heavy (non-hydrogen) atoms. The molecule has 1 aromatic carbocycles. The molecule has 2 aliphatic heterocycles. The molecule has 2 aromatic rings. The first-order chi connectivity index (χ1) is 16.7. The van der Waals surface area contributed by atoms with E-state index < -0.39 is 11.4 Å². The van der Waals surface area contributed by atoms with Crippen LogP contribution in [0.2, 0.25) is 15.1 Å². The largest absolute Gasteiger partial charge is 0.481 e. The van der Waals surface area contributed by atoms with Crippen molar-refractivity contribution in [2.75, 3.05) is 36.4 Å². The van der Waals surface area contributed by atoms with E-state index in [-0.39, 0.29) is 0 Å². The lowest BCUT2D eigenvalue weighted by atomic mass is 9.65. The van der Waals surface area contributed by atoms with Crippen molar-refractivity contribution in [1.82, 2.24) is 14.9 Å². The molecule has 3 heterocycles. The molecule has 0 radical (unpaired) electrons. The number of nitrogens with one attached hydrogen (secondary N) is 1. The quantitative estimate of drug-likeness (QED) is 0.485. The third-order valence-corrected chi connectivity index (χ3v) is 8.81. The van der Waals surface area contributed by atoms with E-state index in [1.807, 2.05) is 13.0 Å². The summed E-state index contributed by atoms with van der Waals surface area (Å²) < 4.78 is 0. The van der Waals surface area contributed by atoms with Crippen molar-refractivity contribution in [3.8, 4) is 0 Å². The van der Waals surface area contributed by atoms with Gasteiger partial charge in [-0.25, -0.2) is 4.98 Å². The van der Waals surface area contributed by atoms with Crippen LogP contribution in [-0.2, 0) is 11.3 Å². The zero-order valence-electron chi connectivity index (χ0n) is 19.7. The molecular weight excluding hydrogens is 509 g/mol. The second-order valence-corrected chi connectivity index (χ2v) is 11.7. The third-order valence-electron chi connectivity index (χ3n) is 7.95. The van der Waals surface area contributed by atoms with Gasteiger partial charge in [0.15, 0.2) is 5.82 Å². The minimum absolute atomic E-state index is 0.414. The molecule has 2 saturated heterocycles. The average Bonchev–Trinajstić information content (AvgIpc) is 2.77. The minimum Gasteiger partial charge on any atom is -0.481 e. The van der Waals surface area contributed by atoms with Gasteiger partial charge in [-0.2, -0.15) is 4.98 Å². The van der Waals surface area contributed by atoms with Gasteiger partial charge in [0.25, 0.3) is 0 Å². The Hall–Kier alpha value is -1.80. The fraction of sp³-hybridized carbons (Fsp3) is 0.560. The molecule has 1 saturated carbocycles. The van der Waals surface area contributed by atoms with Gasteiger partial charge in [0, 0.05) is 42.3 Å². The molecule has 3 aliphatic rings. The Balaban J connectivity index is 1.15. The monoisotopic (exact) mass is 537 g/mol. The number of hydrogen-bond donors (Lipinski definition) is 2. The minimum atomic E-state index is -0.662. The molecule has 5 rings (SSSR count). The van der Waals surface area contributed by atoms with Crippen LogP contribution in [0.4, 0.5) is 11.8 Å². The fourth-order valence-electron chi connectivity index (χ4n) is 5.62. The van der Waals surface area contributed by atoms with Crippen molar-refractivity contribution in [3.05, 3.63) is 45.0 Å². The Morgan fingerprint density at radius 1 is 1.17 bits per heavy atom. The van der Waals surface area contributed by atoms with E-state index in [2.05, 4.69) is 25.1 Å². The molecule has 1 aliphatic carbocycles. The number of hydrogen-bond acceptors (Lipinski definition) is 6. The number of carbonyl (C=O) groups is 1. The smallest absolute Gasteiger partial charge is 0.309 e. The van der Waals surface area contributed by atoms with Gasteiger partial charge in [0.1, 0.15) is 5.02 Å². The molecule has 2 N–H and O–H groups in total. The predicted octanol–water partition coefficient (Wildman–Crippen LogP) is 5.45. The summed E-state index contributed by atoms with van der Waals surface area (Å²) in [7, 11) is 0. The zero-order valence-corrected chi connectivity index (χ0v) is 22.0. The van der Waals surface area contributed by atoms with E-state index in [1.54, 1.807) is 18.3 Å². The Morgan fingerprint density at radius 3 is 2.66 bits per heavy atom. The zero-order chi connectivity index (χ0) is 24.7. The van der Waals surface area contributed by atoms with E-state index in [0.717, 1.165) is 44.6 Å². The lowest BCUT2D eigenvalue weighted by Crippen LogP contribution is -2.58. The van der Waals surface area contributed by atoms with E-state index in [0.29, 0.717) is 51.3 Å². The number of benzene rings is 1. The molecule has 188 valence electrons. The third kappa shape index (κ3) is 5.19. The molecule has 10 heteroatoms. The van der Waals surface area contributed by atoms with Crippen LogP contribution in [0.5, 0.6) is 0 Å². The lowest BCUT2D eigenvalue weighted by Gasteiger charge is -2.52. The van der Waals surface area contributed by atoms with Gasteiger partial charge in [-0.3, -0.25) is 4.79 Å². The van der Waals surface area contributed by atoms with Crippen molar-refractivity contribution in [3.63, 3.8) is 0 Å². The van der Waals surface area contributed by atoms with E-state index >= 15 is 0 Å². The number of aliphatic carboxylic acids is 1. The topological polar surface area (TPSA) is 81.6 Å². The Labute approximate surface area is 220 Å². The fourth-order valence-corrected chi connectivity index (χ4v) is 6.26. The van der Waals surface area contributed by atoms with Crippen LogP contribution in [0.1, 0.15) is 38.2 Å². The number of rotatable bonds is 7. The lowest BCUT2D eigenvalue weighted by molar-refractivity contribution is -0.158. The molecule has 3 fully saturated rings. The summed E-state index contributed by atoms with van der Waals surface area (Å²) >= 11 is 18.6. The van der Waals surface area contributed by atoms with E-state index in [4.69, 9.17) is 34.8 Å². The second kappa shape index (κ2) is 9.92. The normalized spacial score (nSPS) is 27.3. The summed E-state index contributed by atoms with van der Waals surface area (Å²) in [6.45, 7) is 6.36. The van der Waals surface area contributed by atoms with E-state index in [9.17, 15) is 9.90 Å². The molecule has 0 amide bonds. The van der Waals surface area contributed by atoms with Crippen LogP contribution >= 0.6 is 34.8 Å². The summed E-state index contributed by atoms with van der Waals surface area (Å²) in [6.07, 6.45) is 5.58. The van der Waals surface area contributed by atoms with Gasteiger partial charge >= 0.3 is 5.97 Å². The highest BCUT2D eigenvalue weighted by molar-refractivity contribution is 6.35. The van der Waals surface area contributed by atoms with Gasteiger partial charge in [-0.1, -0.05) is 40.9 Å². The summed E-state index contributed by atoms with van der Waals surface area (Å²) in [5, 5.41) is 14.4. The van der Waals surface area contributed by atoms with Crippen molar-refractivity contribution in [2.45, 2.75) is 45.2 Å². The van der Waals surface area contributed by atoms with Crippen molar-refractivity contribution < 1.29 is 9.90 Å². The van der Waals surface area contributed by atoms with Crippen LogP contribution in [0.3, 0.4) is 0 Å². The van der Waals surface area contributed by atoms with Crippen molar-refractivity contribution in [1.29, 1.82) is 0 Å². The first kappa shape index (κ1) is 24.9. The average molecular weight is 539 g/mol. The van der Waals surface area contributed by atoms with Crippen LogP contribution in [0.15, 0.2) is 24.4 Å². The summed E-state index contributed by atoms with van der Waals surface area (Å²) in [4.78, 5) is 25.3. The first-order valence-corrected chi connectivity index (χ1v) is 13.3. The van der Waals surface area contributed by atoms with Gasteiger partial charge in [0.2, 0.25) is 5.95 Å². The molecule has 1 unspecified atom stereocenters. The Bertz CT molecular complexity index is 1100. The summed E-state index contributed by atoms with van der Waals surface area (Å²) in [5.74, 6) is 1.84. The molecule has 1 atom stereocenters. The molecule has 0 spiro atoms. The van der Waals surface area contributed by atoms with Crippen molar-refractivity contribution >= 4 is 52.5 Å². The summed E-state index contributed by atoms with van der Waals surface area (Å²) in [6, 6.07) is 5.82. The highest BCUT2D eigenvalue weighted by Gasteiger charge is 2.49. The number of halogens is 3. The van der Waals surface area contributed by atoms with Crippen LogP contribution in [0.25, 0.3) is 0 Å². The van der Waals surface area contributed by atoms with Crippen LogP contribution in [-0.4, -0.2) is 58.2 Å². The summed E-state index contributed by atoms with van der Waals surface area (Å²) in [5.41, 5.74) is 0.370. The standard InChI is InChI=1S/C25H30Cl3N5O2/c1-25(23(34)35)8-19(9-25)32-6-2-3-16(12-32)17-13-33(14-17)24-30-11-21(28)22(31-24)29-10-15-4-5-18(26)7-20(15)27/h4-5,7,11,16-17,19H,2-3,6,8-10,12-14H2,1H3,(H,34,35)(H,29,30,31). The molecule has 0 bridgehead atoms. The molecular formula is C25H30Cl3N5O2. The highest BCUT2D eigenvalue weighted by Crippen LogP contribution is 2.45. The highest BCUT2D eigenvalue weighted by atomic mass is 35.5. The van der Waals surface area contributed by atoms with Crippen LogP contribution in [0, 0.1) is 17.3 Å². The number of likely N-dealkylation sites (tertiary alicyclic amines) is 1. The van der Waals surface area contributed by atoms with Crippen molar-refractivity contribution in [2.24, 2.45) is 17.3 Å². The van der Waals surface area contributed by atoms with Gasteiger partial charge in [-0.15, -0.1) is 0 Å². The maximum Gasteiger partial charge on any atom is 0.309 e. The maximum absolute atomic E-state index is 11.5. The number of anilines is 2. The number of aromatic nitrogens is 2. The second-order valence-electron chi connectivity index (χ2n) is 10.4. The maximum atomic E-state index is 11.5. The van der Waals surface area contributed by atoms with Crippen LogP contribution < -0.4 is 10.2 Å². The first-order valence-electron chi connectivity index (χ1n) is 12.1. The molecule has 1 aromatic heterocycles. The van der Waals surface area contributed by atoms with Gasteiger partial charge < -0.3 is 20.2 Å². The molecule has 7 nitrogen and oxygen atoms in total. The Kier molecular flexibility index (Phi) is 7.05. The predicted molar refractivity (Wildman–Crippen MR) is 140 cm³/mol.